The van der Waals surface area contributed by atoms with Crippen molar-refractivity contribution in [3.63, 3.8) is 0 Å². The fraction of sp³-hybridized carbons (Fsp3) is 0.500. The number of likely N-dealkylation sites (tertiary alicyclic amines) is 1. The summed E-state index contributed by atoms with van der Waals surface area (Å²) in [6.07, 6.45) is 1.59. The van der Waals surface area contributed by atoms with Crippen molar-refractivity contribution in [1.29, 1.82) is 0 Å². The van der Waals surface area contributed by atoms with E-state index in [0.29, 0.717) is 67.4 Å². The standard InChI is InChI=1S/C26H32ClFN2O3/c1-18(2)14-30(15-19-12-22(27)25-24(13-19)32-10-5-11-33-25)26(31)21-8-9-29(17-21)16-20-6-3-4-7-23(20)28/h3-4,6-7,12-13,18,21H,5,8-11,14-17H2,1-2H3/t21-/m1/s1. The molecule has 1 atom stereocenters. The minimum Gasteiger partial charge on any atom is -0.489 e. The van der Waals surface area contributed by atoms with Gasteiger partial charge in [-0.25, -0.2) is 4.39 Å². The van der Waals surface area contributed by atoms with Crippen LogP contribution in [0.3, 0.4) is 0 Å². The van der Waals surface area contributed by atoms with Gasteiger partial charge in [0.15, 0.2) is 11.5 Å². The minimum atomic E-state index is -0.194. The Morgan fingerprint density at radius 3 is 2.82 bits per heavy atom. The summed E-state index contributed by atoms with van der Waals surface area (Å²) < 4.78 is 25.6. The third-order valence-corrected chi connectivity index (χ3v) is 6.39. The quantitative estimate of drug-likeness (QED) is 0.556. The van der Waals surface area contributed by atoms with E-state index in [1.165, 1.54) is 6.07 Å². The van der Waals surface area contributed by atoms with Crippen molar-refractivity contribution >= 4 is 17.5 Å². The van der Waals surface area contributed by atoms with Crippen LogP contribution in [0.5, 0.6) is 11.5 Å². The molecule has 1 fully saturated rings. The number of hydrogen-bond donors (Lipinski definition) is 0. The van der Waals surface area contributed by atoms with Crippen molar-refractivity contribution in [2.45, 2.75) is 39.8 Å². The summed E-state index contributed by atoms with van der Waals surface area (Å²) in [5.74, 6) is 1.42. The first-order valence-electron chi connectivity index (χ1n) is 11.7. The molecule has 1 amide bonds. The Hall–Kier alpha value is -2.31. The second-order valence-electron chi connectivity index (χ2n) is 9.38. The van der Waals surface area contributed by atoms with Crippen LogP contribution >= 0.6 is 11.6 Å². The lowest BCUT2D eigenvalue weighted by Gasteiger charge is -2.28. The zero-order valence-corrected chi connectivity index (χ0v) is 20.1. The summed E-state index contributed by atoms with van der Waals surface area (Å²) in [7, 11) is 0. The van der Waals surface area contributed by atoms with Gasteiger partial charge in [-0.3, -0.25) is 9.69 Å². The summed E-state index contributed by atoms with van der Waals surface area (Å²) in [6.45, 7) is 8.47. The highest BCUT2D eigenvalue weighted by Crippen LogP contribution is 2.38. The van der Waals surface area contributed by atoms with Gasteiger partial charge in [0.1, 0.15) is 5.82 Å². The number of nitrogens with zero attached hydrogens (tertiary/aromatic N) is 2. The van der Waals surface area contributed by atoms with Crippen LogP contribution in [0.25, 0.3) is 0 Å². The van der Waals surface area contributed by atoms with Gasteiger partial charge in [0.05, 0.1) is 24.2 Å². The second-order valence-corrected chi connectivity index (χ2v) is 9.79. The number of carbonyl (C=O) groups is 1. The smallest absolute Gasteiger partial charge is 0.227 e. The first-order chi connectivity index (χ1) is 15.9. The summed E-state index contributed by atoms with van der Waals surface area (Å²) in [4.78, 5) is 17.6. The van der Waals surface area contributed by atoms with Crippen LogP contribution in [0.4, 0.5) is 4.39 Å². The topological polar surface area (TPSA) is 42.0 Å². The van der Waals surface area contributed by atoms with Crippen molar-refractivity contribution in [3.8, 4) is 11.5 Å². The molecular formula is C26H32ClFN2O3. The Morgan fingerprint density at radius 1 is 1.24 bits per heavy atom. The van der Waals surface area contributed by atoms with E-state index >= 15 is 0 Å². The Balaban J connectivity index is 1.45. The van der Waals surface area contributed by atoms with Crippen LogP contribution in [0.2, 0.25) is 5.02 Å². The molecule has 0 unspecified atom stereocenters. The summed E-state index contributed by atoms with van der Waals surface area (Å²) in [6, 6.07) is 10.6. The van der Waals surface area contributed by atoms with Crippen LogP contribution in [0, 0.1) is 17.7 Å². The fourth-order valence-electron chi connectivity index (χ4n) is 4.57. The lowest BCUT2D eigenvalue weighted by Crippen LogP contribution is -2.39. The molecule has 0 aliphatic carbocycles. The van der Waals surface area contributed by atoms with E-state index in [4.69, 9.17) is 21.1 Å². The number of benzene rings is 2. The molecule has 0 radical (unpaired) electrons. The van der Waals surface area contributed by atoms with E-state index in [-0.39, 0.29) is 17.6 Å². The number of fused-ring (bicyclic) bond motifs is 1. The molecule has 178 valence electrons. The van der Waals surface area contributed by atoms with Crippen LogP contribution in [-0.4, -0.2) is 48.6 Å². The zero-order chi connectivity index (χ0) is 23.4. The maximum Gasteiger partial charge on any atom is 0.227 e. The Morgan fingerprint density at radius 2 is 2.03 bits per heavy atom. The van der Waals surface area contributed by atoms with Gasteiger partial charge in [-0.2, -0.15) is 0 Å². The molecule has 2 aliphatic rings. The van der Waals surface area contributed by atoms with Gasteiger partial charge in [-0.05, 0) is 42.6 Å². The van der Waals surface area contributed by atoms with Gasteiger partial charge in [-0.15, -0.1) is 0 Å². The zero-order valence-electron chi connectivity index (χ0n) is 19.4. The van der Waals surface area contributed by atoms with E-state index in [9.17, 15) is 9.18 Å². The van der Waals surface area contributed by atoms with Crippen molar-refractivity contribution in [1.82, 2.24) is 9.80 Å². The fourth-order valence-corrected chi connectivity index (χ4v) is 4.86. The van der Waals surface area contributed by atoms with Crippen molar-refractivity contribution in [3.05, 3.63) is 58.4 Å². The third kappa shape index (κ3) is 5.98. The highest BCUT2D eigenvalue weighted by Gasteiger charge is 2.32. The van der Waals surface area contributed by atoms with Crippen LogP contribution in [0.1, 0.15) is 37.8 Å². The van der Waals surface area contributed by atoms with Crippen LogP contribution in [-0.2, 0) is 17.9 Å². The molecule has 0 saturated carbocycles. The van der Waals surface area contributed by atoms with Gasteiger partial charge >= 0.3 is 0 Å². The number of hydrogen-bond acceptors (Lipinski definition) is 4. The van der Waals surface area contributed by atoms with Gasteiger partial charge in [0, 0.05) is 38.2 Å². The Bertz CT molecular complexity index is 984. The van der Waals surface area contributed by atoms with Crippen molar-refractivity contribution in [2.24, 2.45) is 11.8 Å². The minimum absolute atomic E-state index is 0.0913. The highest BCUT2D eigenvalue weighted by atomic mass is 35.5. The van der Waals surface area contributed by atoms with Crippen molar-refractivity contribution < 1.29 is 18.7 Å². The lowest BCUT2D eigenvalue weighted by molar-refractivity contribution is -0.136. The molecule has 0 N–H and O–H groups in total. The van der Waals surface area contributed by atoms with Gasteiger partial charge < -0.3 is 14.4 Å². The number of carbonyl (C=O) groups excluding carboxylic acids is 1. The molecule has 0 spiro atoms. The molecule has 2 aromatic rings. The largest absolute Gasteiger partial charge is 0.489 e. The molecule has 2 aromatic carbocycles. The molecule has 0 aromatic heterocycles. The summed E-state index contributed by atoms with van der Waals surface area (Å²) in [5.41, 5.74) is 1.60. The Kier molecular flexibility index (Phi) is 7.76. The molecule has 5 nitrogen and oxygen atoms in total. The van der Waals surface area contributed by atoms with Gasteiger partial charge in [0.25, 0.3) is 0 Å². The Labute approximate surface area is 200 Å². The molecule has 2 aliphatic heterocycles. The molecule has 7 heteroatoms. The van der Waals surface area contributed by atoms with E-state index in [1.807, 2.05) is 29.2 Å². The average Bonchev–Trinajstić information content (AvgIpc) is 3.10. The monoisotopic (exact) mass is 474 g/mol. The first kappa shape index (κ1) is 23.8. The SMILES string of the molecule is CC(C)CN(Cc1cc(Cl)c2c(c1)OCCCO2)C(=O)[C@@H]1CCN(Cc2ccccc2F)C1. The van der Waals surface area contributed by atoms with Crippen LogP contribution in [0.15, 0.2) is 36.4 Å². The molecule has 4 rings (SSSR count). The van der Waals surface area contributed by atoms with Gasteiger partial charge in [0.2, 0.25) is 5.91 Å². The molecule has 1 saturated heterocycles. The van der Waals surface area contributed by atoms with Crippen molar-refractivity contribution in [2.75, 3.05) is 32.8 Å². The number of amides is 1. The normalized spacial score (nSPS) is 18.4. The number of rotatable bonds is 7. The predicted octanol–water partition coefficient (Wildman–Crippen LogP) is 5.15. The lowest BCUT2D eigenvalue weighted by atomic mass is 10.0. The van der Waals surface area contributed by atoms with E-state index in [2.05, 4.69) is 18.7 Å². The number of halogens is 2. The van der Waals surface area contributed by atoms with E-state index < -0.39 is 0 Å². The predicted molar refractivity (Wildman–Crippen MR) is 127 cm³/mol. The molecule has 33 heavy (non-hydrogen) atoms. The average molecular weight is 475 g/mol. The summed E-state index contributed by atoms with van der Waals surface area (Å²) in [5, 5.41) is 0.512. The number of ether oxygens (including phenoxy) is 2. The van der Waals surface area contributed by atoms with Crippen LogP contribution < -0.4 is 9.47 Å². The summed E-state index contributed by atoms with van der Waals surface area (Å²) >= 11 is 6.48. The third-order valence-electron chi connectivity index (χ3n) is 6.11. The van der Waals surface area contributed by atoms with Gasteiger partial charge in [-0.1, -0.05) is 43.6 Å². The van der Waals surface area contributed by atoms with E-state index in [1.54, 1.807) is 6.07 Å². The molecular weight excluding hydrogens is 443 g/mol. The first-order valence-corrected chi connectivity index (χ1v) is 12.1. The highest BCUT2D eigenvalue weighted by molar-refractivity contribution is 6.32. The van der Waals surface area contributed by atoms with E-state index in [0.717, 1.165) is 24.9 Å². The maximum atomic E-state index is 14.1. The maximum absolute atomic E-state index is 14.1. The second kappa shape index (κ2) is 10.7. The molecule has 2 heterocycles. The molecule has 0 bridgehead atoms.